The smallest absolute Gasteiger partial charge is 0.338 e. The number of esters is 1. The molecule has 0 atom stereocenters. The first-order chi connectivity index (χ1) is 17.3. The van der Waals surface area contributed by atoms with Crippen LogP contribution in [-0.4, -0.2) is 33.8 Å². The molecule has 6 nitrogen and oxygen atoms in total. The molecule has 8 heteroatoms. The van der Waals surface area contributed by atoms with Gasteiger partial charge in [0.05, 0.1) is 17.6 Å². The highest BCUT2D eigenvalue weighted by atomic mass is 32.2. The topological polar surface area (TPSA) is 81.7 Å². The summed E-state index contributed by atoms with van der Waals surface area (Å²) >= 11 is 1.53. The molecular formula is C28H27NO5S2. The Bertz CT molecular complexity index is 1500. The second-order valence-corrected chi connectivity index (χ2v) is 11.2. The Morgan fingerprint density at radius 3 is 2.31 bits per heavy atom. The van der Waals surface area contributed by atoms with E-state index >= 15 is 0 Å². The average molecular weight is 522 g/mol. The summed E-state index contributed by atoms with van der Waals surface area (Å²) in [7, 11) is -2.49. The third-order valence-corrected chi connectivity index (χ3v) is 8.25. The van der Waals surface area contributed by atoms with Gasteiger partial charge in [0.1, 0.15) is 11.5 Å². The lowest BCUT2D eigenvalue weighted by atomic mass is 10.0. The van der Waals surface area contributed by atoms with Gasteiger partial charge in [0, 0.05) is 17.2 Å². The van der Waals surface area contributed by atoms with Crippen molar-refractivity contribution < 1.29 is 22.7 Å². The molecule has 4 aromatic carbocycles. The number of sulfonamides is 1. The van der Waals surface area contributed by atoms with E-state index in [9.17, 15) is 13.2 Å². The second-order valence-electron chi connectivity index (χ2n) is 8.23. The molecule has 4 aromatic rings. The van der Waals surface area contributed by atoms with Crippen molar-refractivity contribution in [2.75, 3.05) is 19.4 Å². The highest BCUT2D eigenvalue weighted by Gasteiger charge is 2.20. The summed E-state index contributed by atoms with van der Waals surface area (Å²) in [5.41, 5.74) is 1.65. The third-order valence-electron chi connectivity index (χ3n) is 5.80. The van der Waals surface area contributed by atoms with Gasteiger partial charge in [0.15, 0.2) is 0 Å². The summed E-state index contributed by atoms with van der Waals surface area (Å²) in [6.07, 6.45) is 0. The van der Waals surface area contributed by atoms with Gasteiger partial charge in [0.2, 0.25) is 10.0 Å². The van der Waals surface area contributed by atoms with Crippen LogP contribution in [0.2, 0.25) is 0 Å². The molecule has 0 unspecified atom stereocenters. The van der Waals surface area contributed by atoms with E-state index in [2.05, 4.69) is 10.8 Å². The Morgan fingerprint density at radius 1 is 0.889 bits per heavy atom. The van der Waals surface area contributed by atoms with Crippen LogP contribution in [-0.2, 0) is 14.8 Å². The van der Waals surface area contributed by atoms with Crippen LogP contribution in [0.3, 0.4) is 0 Å². The number of nitrogens with one attached hydrogen (secondary N) is 1. The van der Waals surface area contributed by atoms with Crippen LogP contribution in [0.1, 0.15) is 21.5 Å². The van der Waals surface area contributed by atoms with Crippen LogP contribution in [0, 0.1) is 13.8 Å². The zero-order valence-corrected chi connectivity index (χ0v) is 21.9. The SMILES string of the molecule is COC(=O)c1cc(S(=O)(=O)NCCSc2ccc(Oc3ccc4ccccc4c3)cc2)cc(C)c1C. The minimum absolute atomic E-state index is 0.0474. The first-order valence-corrected chi connectivity index (χ1v) is 13.8. The van der Waals surface area contributed by atoms with E-state index in [-0.39, 0.29) is 17.0 Å². The van der Waals surface area contributed by atoms with E-state index in [4.69, 9.17) is 9.47 Å². The molecule has 1 N–H and O–H groups in total. The highest BCUT2D eigenvalue weighted by Crippen LogP contribution is 2.28. The van der Waals surface area contributed by atoms with E-state index in [0.29, 0.717) is 16.9 Å². The molecule has 0 spiro atoms. The zero-order chi connectivity index (χ0) is 25.7. The lowest BCUT2D eigenvalue weighted by Crippen LogP contribution is -2.26. The Morgan fingerprint density at radius 2 is 1.58 bits per heavy atom. The molecular weight excluding hydrogens is 494 g/mol. The van der Waals surface area contributed by atoms with Gasteiger partial charge in [-0.1, -0.05) is 30.3 Å². The van der Waals surface area contributed by atoms with Crippen LogP contribution in [0.25, 0.3) is 10.8 Å². The van der Waals surface area contributed by atoms with Crippen molar-refractivity contribution >= 4 is 38.5 Å². The average Bonchev–Trinajstić information content (AvgIpc) is 2.88. The molecule has 0 aromatic heterocycles. The molecule has 4 rings (SSSR count). The molecule has 0 aliphatic rings. The number of fused-ring (bicyclic) bond motifs is 1. The summed E-state index contributed by atoms with van der Waals surface area (Å²) in [4.78, 5) is 13.1. The second kappa shape index (κ2) is 11.2. The van der Waals surface area contributed by atoms with Crippen LogP contribution < -0.4 is 9.46 Å². The lowest BCUT2D eigenvalue weighted by Gasteiger charge is -2.12. The fraction of sp³-hybridized carbons (Fsp3) is 0.179. The fourth-order valence-corrected chi connectivity index (χ4v) is 5.74. The fourth-order valence-electron chi connectivity index (χ4n) is 3.70. The largest absolute Gasteiger partial charge is 0.465 e. The summed E-state index contributed by atoms with van der Waals surface area (Å²) in [5.74, 6) is 1.48. The quantitative estimate of drug-likeness (QED) is 0.163. The molecule has 0 fully saturated rings. The number of carbonyl (C=O) groups is 1. The summed E-state index contributed by atoms with van der Waals surface area (Å²) in [5, 5.41) is 2.28. The number of ether oxygens (including phenoxy) is 2. The van der Waals surface area contributed by atoms with Crippen molar-refractivity contribution in [1.29, 1.82) is 0 Å². The highest BCUT2D eigenvalue weighted by molar-refractivity contribution is 7.99. The summed E-state index contributed by atoms with van der Waals surface area (Å²) in [6.45, 7) is 3.77. The lowest BCUT2D eigenvalue weighted by molar-refractivity contribution is 0.0599. The van der Waals surface area contributed by atoms with E-state index in [1.807, 2.05) is 60.7 Å². The number of carbonyl (C=O) groups excluding carboxylic acids is 1. The summed E-state index contributed by atoms with van der Waals surface area (Å²) < 4.78 is 38.9. The molecule has 0 radical (unpaired) electrons. The molecule has 0 saturated carbocycles. The van der Waals surface area contributed by atoms with Gasteiger partial charge in [-0.3, -0.25) is 0 Å². The Labute approximate surface area is 215 Å². The first-order valence-electron chi connectivity index (χ1n) is 11.4. The molecule has 0 amide bonds. The van der Waals surface area contributed by atoms with Gasteiger partial charge in [-0.2, -0.15) is 0 Å². The number of rotatable bonds is 9. The van der Waals surface area contributed by atoms with E-state index in [0.717, 1.165) is 27.2 Å². The van der Waals surface area contributed by atoms with Crippen LogP contribution >= 0.6 is 11.8 Å². The number of hydrogen-bond acceptors (Lipinski definition) is 6. The predicted octanol–water partition coefficient (Wildman–Crippen LogP) is 6.11. The predicted molar refractivity (Wildman–Crippen MR) is 144 cm³/mol. The maximum absolute atomic E-state index is 12.8. The van der Waals surface area contributed by atoms with Crippen molar-refractivity contribution in [3.05, 3.63) is 95.6 Å². The number of hydrogen-bond donors (Lipinski definition) is 1. The molecule has 0 heterocycles. The van der Waals surface area contributed by atoms with Crippen molar-refractivity contribution in [3.8, 4) is 11.5 Å². The monoisotopic (exact) mass is 521 g/mol. The Balaban J connectivity index is 1.32. The van der Waals surface area contributed by atoms with Crippen LogP contribution in [0.4, 0.5) is 0 Å². The third kappa shape index (κ3) is 6.07. The first kappa shape index (κ1) is 25.8. The molecule has 0 aliphatic carbocycles. The van der Waals surface area contributed by atoms with Crippen molar-refractivity contribution in [3.63, 3.8) is 0 Å². The van der Waals surface area contributed by atoms with Gasteiger partial charge in [-0.25, -0.2) is 17.9 Å². The molecule has 186 valence electrons. The van der Waals surface area contributed by atoms with Gasteiger partial charge in [-0.05, 0) is 84.3 Å². The molecule has 36 heavy (non-hydrogen) atoms. The standard InChI is InChI=1S/C28H27NO5S2/c1-19-16-26(18-27(20(19)2)28(30)33-3)36(31,32)29-14-15-35-25-12-10-23(11-13-25)34-24-9-8-21-6-4-5-7-22(21)17-24/h4-13,16-18,29H,14-15H2,1-3H3. The minimum Gasteiger partial charge on any atom is -0.465 e. The maximum Gasteiger partial charge on any atom is 0.338 e. The summed E-state index contributed by atoms with van der Waals surface area (Å²) in [6, 6.07) is 24.7. The Kier molecular flexibility index (Phi) is 7.98. The normalized spacial score (nSPS) is 11.4. The van der Waals surface area contributed by atoms with Crippen molar-refractivity contribution in [2.24, 2.45) is 0 Å². The van der Waals surface area contributed by atoms with Crippen molar-refractivity contribution in [2.45, 2.75) is 23.6 Å². The van der Waals surface area contributed by atoms with Crippen molar-refractivity contribution in [1.82, 2.24) is 4.72 Å². The number of aryl methyl sites for hydroxylation is 1. The Hall–Kier alpha value is -3.33. The molecule has 0 saturated heterocycles. The van der Waals surface area contributed by atoms with Gasteiger partial charge < -0.3 is 9.47 Å². The minimum atomic E-state index is -3.77. The molecule has 0 bridgehead atoms. The van der Waals surface area contributed by atoms with E-state index in [1.165, 1.54) is 24.9 Å². The van der Waals surface area contributed by atoms with Gasteiger partial charge >= 0.3 is 5.97 Å². The zero-order valence-electron chi connectivity index (χ0n) is 20.3. The van der Waals surface area contributed by atoms with E-state index in [1.54, 1.807) is 19.9 Å². The molecule has 0 aliphatic heterocycles. The van der Waals surface area contributed by atoms with Gasteiger partial charge in [-0.15, -0.1) is 11.8 Å². The maximum atomic E-state index is 12.8. The van der Waals surface area contributed by atoms with Gasteiger partial charge in [0.25, 0.3) is 0 Å². The number of methoxy groups -OCH3 is 1. The van der Waals surface area contributed by atoms with Crippen LogP contribution in [0.5, 0.6) is 11.5 Å². The number of benzene rings is 4. The van der Waals surface area contributed by atoms with E-state index < -0.39 is 16.0 Å². The van der Waals surface area contributed by atoms with Crippen LogP contribution in [0.15, 0.2) is 88.7 Å². The number of thioether (sulfide) groups is 1.